The van der Waals surface area contributed by atoms with Crippen molar-refractivity contribution in [1.29, 1.82) is 0 Å². The van der Waals surface area contributed by atoms with Crippen LogP contribution in [0.25, 0.3) is 0 Å². The lowest BCUT2D eigenvalue weighted by Crippen LogP contribution is -2.01. The number of anilines is 1. The summed E-state index contributed by atoms with van der Waals surface area (Å²) in [5.74, 6) is -0.241. The number of benzene rings is 1. The van der Waals surface area contributed by atoms with E-state index in [2.05, 4.69) is 9.97 Å². The summed E-state index contributed by atoms with van der Waals surface area (Å²) in [6.07, 6.45) is 1.76. The Balaban J connectivity index is 2.37. The molecule has 0 aliphatic rings. The zero-order valence-electron chi connectivity index (χ0n) is 10.3. The van der Waals surface area contributed by atoms with E-state index in [1.165, 1.54) is 6.33 Å². The molecule has 5 heteroatoms. The van der Waals surface area contributed by atoms with Crippen molar-refractivity contribution >= 4 is 5.69 Å². The van der Waals surface area contributed by atoms with Gasteiger partial charge in [0.25, 0.3) is 5.88 Å². The first-order valence-electron chi connectivity index (χ1n) is 5.65. The Morgan fingerprint density at radius 3 is 2.83 bits per heavy atom. The van der Waals surface area contributed by atoms with Crippen LogP contribution in [0.3, 0.4) is 0 Å². The fraction of sp³-hybridized carbons (Fsp3) is 0.231. The lowest BCUT2D eigenvalue weighted by Gasteiger charge is -2.10. The Hall–Kier alpha value is -2.17. The van der Waals surface area contributed by atoms with Gasteiger partial charge in [-0.05, 0) is 25.0 Å². The third kappa shape index (κ3) is 2.25. The Kier molecular flexibility index (Phi) is 3.41. The van der Waals surface area contributed by atoms with Crippen molar-refractivity contribution in [2.45, 2.75) is 20.3 Å². The minimum atomic E-state index is -0.541. The third-order valence-corrected chi connectivity index (χ3v) is 2.66. The molecule has 94 valence electrons. The predicted octanol–water partition coefficient (Wildman–Crippen LogP) is 2.86. The summed E-state index contributed by atoms with van der Waals surface area (Å²) in [5, 5.41) is 0. The zero-order valence-corrected chi connectivity index (χ0v) is 10.3. The number of halogens is 1. The van der Waals surface area contributed by atoms with Gasteiger partial charge in [0.05, 0.1) is 11.4 Å². The van der Waals surface area contributed by atoms with Gasteiger partial charge in [-0.1, -0.05) is 19.1 Å². The first-order valence-corrected chi connectivity index (χ1v) is 5.65. The molecular weight excluding hydrogens is 233 g/mol. The van der Waals surface area contributed by atoms with Gasteiger partial charge in [-0.25, -0.2) is 4.98 Å². The number of hydrogen-bond donors (Lipinski definition) is 1. The van der Waals surface area contributed by atoms with Crippen molar-refractivity contribution in [1.82, 2.24) is 9.97 Å². The summed E-state index contributed by atoms with van der Waals surface area (Å²) in [6, 6.07) is 5.33. The van der Waals surface area contributed by atoms with E-state index in [0.717, 1.165) is 5.56 Å². The maximum Gasteiger partial charge on any atom is 0.259 e. The van der Waals surface area contributed by atoms with E-state index in [4.69, 9.17) is 10.5 Å². The van der Waals surface area contributed by atoms with E-state index >= 15 is 0 Å². The third-order valence-electron chi connectivity index (χ3n) is 2.66. The molecule has 4 nitrogen and oxygen atoms in total. The number of nitrogen functional groups attached to an aromatic ring is 1. The molecule has 0 atom stereocenters. The predicted molar refractivity (Wildman–Crippen MR) is 67.0 cm³/mol. The zero-order chi connectivity index (χ0) is 13.1. The van der Waals surface area contributed by atoms with E-state index in [1.54, 1.807) is 12.1 Å². The fourth-order valence-electron chi connectivity index (χ4n) is 1.55. The van der Waals surface area contributed by atoms with Crippen LogP contribution in [-0.4, -0.2) is 9.97 Å². The number of aromatic nitrogens is 2. The Labute approximate surface area is 105 Å². The van der Waals surface area contributed by atoms with E-state index in [0.29, 0.717) is 23.6 Å². The molecule has 0 fully saturated rings. The number of rotatable bonds is 3. The van der Waals surface area contributed by atoms with Crippen LogP contribution in [0.4, 0.5) is 10.1 Å². The van der Waals surface area contributed by atoms with Gasteiger partial charge in [0, 0.05) is 0 Å². The lowest BCUT2D eigenvalue weighted by molar-refractivity contribution is 0.416. The summed E-state index contributed by atoms with van der Waals surface area (Å²) in [7, 11) is 0. The summed E-state index contributed by atoms with van der Waals surface area (Å²) >= 11 is 0. The van der Waals surface area contributed by atoms with Crippen molar-refractivity contribution in [3.63, 3.8) is 0 Å². The highest BCUT2D eigenvalue weighted by Gasteiger charge is 2.13. The average Bonchev–Trinajstić information content (AvgIpc) is 2.37. The van der Waals surface area contributed by atoms with Crippen LogP contribution < -0.4 is 10.5 Å². The largest absolute Gasteiger partial charge is 0.434 e. The van der Waals surface area contributed by atoms with Gasteiger partial charge < -0.3 is 10.5 Å². The smallest absolute Gasteiger partial charge is 0.259 e. The second-order valence-electron chi connectivity index (χ2n) is 3.88. The lowest BCUT2D eigenvalue weighted by atomic mass is 10.2. The van der Waals surface area contributed by atoms with E-state index < -0.39 is 5.82 Å². The van der Waals surface area contributed by atoms with Crippen molar-refractivity contribution in [2.75, 3.05) is 5.73 Å². The molecule has 0 saturated carbocycles. The van der Waals surface area contributed by atoms with Gasteiger partial charge in [-0.3, -0.25) is 0 Å². The van der Waals surface area contributed by atoms with Gasteiger partial charge >= 0.3 is 0 Å². The minimum absolute atomic E-state index is 0.0980. The maximum absolute atomic E-state index is 13.9. The van der Waals surface area contributed by atoms with Gasteiger partial charge in [0.15, 0.2) is 5.75 Å². The number of aryl methyl sites for hydroxylation is 2. The second kappa shape index (κ2) is 5.00. The van der Waals surface area contributed by atoms with Crippen LogP contribution in [0.2, 0.25) is 0 Å². The van der Waals surface area contributed by atoms with Crippen molar-refractivity contribution < 1.29 is 9.13 Å². The van der Waals surface area contributed by atoms with Crippen molar-refractivity contribution in [3.8, 4) is 11.6 Å². The van der Waals surface area contributed by atoms with Crippen molar-refractivity contribution in [3.05, 3.63) is 41.6 Å². The number of nitrogens with two attached hydrogens (primary N) is 1. The van der Waals surface area contributed by atoms with Gasteiger partial charge in [0.2, 0.25) is 5.82 Å². The summed E-state index contributed by atoms with van der Waals surface area (Å²) in [5.41, 5.74) is 7.54. The van der Waals surface area contributed by atoms with E-state index in [1.807, 2.05) is 19.9 Å². The molecule has 1 aromatic heterocycles. The summed E-state index contributed by atoms with van der Waals surface area (Å²) < 4.78 is 19.3. The van der Waals surface area contributed by atoms with Crippen molar-refractivity contribution in [2.24, 2.45) is 0 Å². The number of nitrogens with zero attached hydrogens (tertiary/aromatic N) is 2. The monoisotopic (exact) mass is 247 g/mol. The van der Waals surface area contributed by atoms with E-state index in [9.17, 15) is 4.39 Å². The van der Waals surface area contributed by atoms with Crippen LogP contribution in [0.15, 0.2) is 24.5 Å². The summed E-state index contributed by atoms with van der Waals surface area (Å²) in [4.78, 5) is 7.63. The molecule has 0 saturated heterocycles. The highest BCUT2D eigenvalue weighted by molar-refractivity contribution is 5.58. The van der Waals surface area contributed by atoms with Crippen LogP contribution >= 0.6 is 0 Å². The molecule has 0 bridgehead atoms. The maximum atomic E-state index is 13.9. The van der Waals surface area contributed by atoms with Crippen LogP contribution in [0.1, 0.15) is 18.2 Å². The average molecular weight is 247 g/mol. The molecule has 0 unspecified atom stereocenters. The number of hydrogen-bond acceptors (Lipinski definition) is 4. The van der Waals surface area contributed by atoms with Crippen LogP contribution in [-0.2, 0) is 6.42 Å². The van der Waals surface area contributed by atoms with Crippen LogP contribution in [0, 0.1) is 12.7 Å². The standard InChI is InChI=1S/C13H14FN3O/c1-3-9-11(14)13(17-7-16-9)18-10-6-4-5-8(2)12(10)15/h4-7H,3,15H2,1-2H3. The van der Waals surface area contributed by atoms with Gasteiger partial charge in [0.1, 0.15) is 6.33 Å². The van der Waals surface area contributed by atoms with Gasteiger partial charge in [-0.15, -0.1) is 0 Å². The molecule has 0 aliphatic carbocycles. The SMILES string of the molecule is CCc1ncnc(Oc2cccc(C)c2N)c1F. The molecular formula is C13H14FN3O. The highest BCUT2D eigenvalue weighted by Crippen LogP contribution is 2.30. The molecule has 0 amide bonds. The molecule has 2 aromatic rings. The molecule has 1 aromatic carbocycles. The topological polar surface area (TPSA) is 61.0 Å². The molecule has 0 radical (unpaired) electrons. The Bertz CT molecular complexity index is 572. The minimum Gasteiger partial charge on any atom is -0.434 e. The molecule has 2 rings (SSSR count). The molecule has 1 heterocycles. The molecule has 18 heavy (non-hydrogen) atoms. The number of ether oxygens (including phenoxy) is 1. The summed E-state index contributed by atoms with van der Waals surface area (Å²) in [6.45, 7) is 3.67. The second-order valence-corrected chi connectivity index (χ2v) is 3.88. The Morgan fingerprint density at radius 2 is 2.11 bits per heavy atom. The van der Waals surface area contributed by atoms with Crippen LogP contribution in [0.5, 0.6) is 11.6 Å². The van der Waals surface area contributed by atoms with Gasteiger partial charge in [-0.2, -0.15) is 9.37 Å². The molecule has 0 spiro atoms. The molecule has 2 N–H and O–H groups in total. The fourth-order valence-corrected chi connectivity index (χ4v) is 1.55. The first kappa shape index (κ1) is 12.3. The first-order chi connectivity index (χ1) is 8.63. The normalized spacial score (nSPS) is 10.4. The highest BCUT2D eigenvalue weighted by atomic mass is 19.1. The van der Waals surface area contributed by atoms with E-state index in [-0.39, 0.29) is 5.88 Å². The quantitative estimate of drug-likeness (QED) is 0.847. The number of para-hydroxylation sites is 1. The Morgan fingerprint density at radius 1 is 1.33 bits per heavy atom. The molecule has 0 aliphatic heterocycles.